The molecule has 0 saturated heterocycles. The Hall–Kier alpha value is -0.820. The van der Waals surface area contributed by atoms with Crippen LogP contribution in [0.25, 0.3) is 0 Å². The second-order valence-corrected chi connectivity index (χ2v) is 6.55. The van der Waals surface area contributed by atoms with Gasteiger partial charge in [0.2, 0.25) is 0 Å². The Labute approximate surface area is 118 Å². The molecular formula is C18H29N. The van der Waals surface area contributed by atoms with Gasteiger partial charge in [0.25, 0.3) is 0 Å². The summed E-state index contributed by atoms with van der Waals surface area (Å²) in [6.07, 6.45) is 6.78. The Morgan fingerprint density at radius 2 is 2.00 bits per heavy atom. The smallest absolute Gasteiger partial charge is 0.00177 e. The van der Waals surface area contributed by atoms with Gasteiger partial charge in [-0.2, -0.15) is 0 Å². The molecule has 2 atom stereocenters. The number of rotatable bonds is 5. The Kier molecular flexibility index (Phi) is 5.45. The first-order chi connectivity index (χ1) is 9.20. The predicted molar refractivity (Wildman–Crippen MR) is 83.6 cm³/mol. The number of hydrogen-bond donors (Lipinski definition) is 1. The molecule has 1 fully saturated rings. The molecule has 1 aromatic rings. The molecule has 0 aliphatic heterocycles. The largest absolute Gasteiger partial charge is 0.319 e. The van der Waals surface area contributed by atoms with E-state index in [2.05, 4.69) is 50.5 Å². The lowest BCUT2D eigenvalue weighted by atomic mass is 9.75. The zero-order chi connectivity index (χ0) is 13.7. The van der Waals surface area contributed by atoms with Crippen LogP contribution in [0.3, 0.4) is 0 Å². The van der Waals surface area contributed by atoms with E-state index in [-0.39, 0.29) is 0 Å². The van der Waals surface area contributed by atoms with Gasteiger partial charge < -0.3 is 5.32 Å². The van der Waals surface area contributed by atoms with Crippen molar-refractivity contribution in [2.75, 3.05) is 13.6 Å². The SMILES string of the molecule is CNCC1CCCCC1c1cccc(CC(C)C)c1. The van der Waals surface area contributed by atoms with Crippen LogP contribution in [-0.4, -0.2) is 13.6 Å². The summed E-state index contributed by atoms with van der Waals surface area (Å²) in [6, 6.07) is 9.37. The molecule has 0 amide bonds. The van der Waals surface area contributed by atoms with Crippen molar-refractivity contribution in [3.63, 3.8) is 0 Å². The summed E-state index contributed by atoms with van der Waals surface area (Å²) in [5, 5.41) is 3.38. The maximum absolute atomic E-state index is 3.38. The van der Waals surface area contributed by atoms with Crippen molar-refractivity contribution in [1.29, 1.82) is 0 Å². The predicted octanol–water partition coefficient (Wildman–Crippen LogP) is 4.38. The lowest BCUT2D eigenvalue weighted by molar-refractivity contribution is 0.301. The second-order valence-electron chi connectivity index (χ2n) is 6.55. The molecular weight excluding hydrogens is 230 g/mol. The van der Waals surface area contributed by atoms with Crippen LogP contribution in [0.15, 0.2) is 24.3 Å². The highest BCUT2D eigenvalue weighted by Crippen LogP contribution is 2.37. The molecule has 1 nitrogen and oxygen atoms in total. The van der Waals surface area contributed by atoms with E-state index in [9.17, 15) is 0 Å². The molecule has 1 aromatic carbocycles. The standard InChI is InChI=1S/C18H29N/c1-14(2)11-15-7-6-9-16(12-15)18-10-5-4-8-17(18)13-19-3/h6-7,9,12,14,17-19H,4-5,8,10-11,13H2,1-3H3. The minimum atomic E-state index is 0.745. The van der Waals surface area contributed by atoms with Gasteiger partial charge in [-0.1, -0.05) is 51.0 Å². The van der Waals surface area contributed by atoms with E-state index in [4.69, 9.17) is 0 Å². The van der Waals surface area contributed by atoms with Gasteiger partial charge in [0.15, 0.2) is 0 Å². The van der Waals surface area contributed by atoms with E-state index in [1.54, 1.807) is 5.56 Å². The van der Waals surface area contributed by atoms with Crippen molar-refractivity contribution < 1.29 is 0 Å². The van der Waals surface area contributed by atoms with Crippen molar-refractivity contribution in [3.8, 4) is 0 Å². The number of hydrogen-bond acceptors (Lipinski definition) is 1. The van der Waals surface area contributed by atoms with Crippen molar-refractivity contribution in [3.05, 3.63) is 35.4 Å². The summed E-state index contributed by atoms with van der Waals surface area (Å²) < 4.78 is 0. The summed E-state index contributed by atoms with van der Waals surface area (Å²) in [6.45, 7) is 5.77. The van der Waals surface area contributed by atoms with E-state index in [1.165, 1.54) is 44.2 Å². The Bertz CT molecular complexity index is 381. The first-order valence-electron chi connectivity index (χ1n) is 7.94. The monoisotopic (exact) mass is 259 g/mol. The molecule has 1 heteroatoms. The highest BCUT2D eigenvalue weighted by molar-refractivity contribution is 5.27. The third-order valence-corrected chi connectivity index (χ3v) is 4.40. The van der Waals surface area contributed by atoms with Crippen molar-refractivity contribution in [1.82, 2.24) is 5.32 Å². The minimum absolute atomic E-state index is 0.745. The van der Waals surface area contributed by atoms with E-state index < -0.39 is 0 Å². The summed E-state index contributed by atoms with van der Waals surface area (Å²) in [4.78, 5) is 0. The highest BCUT2D eigenvalue weighted by atomic mass is 14.8. The quantitative estimate of drug-likeness (QED) is 0.827. The average Bonchev–Trinajstić information content (AvgIpc) is 2.39. The Morgan fingerprint density at radius 1 is 1.21 bits per heavy atom. The van der Waals surface area contributed by atoms with Crippen LogP contribution in [0, 0.1) is 11.8 Å². The molecule has 0 aromatic heterocycles. The topological polar surface area (TPSA) is 12.0 Å². The van der Waals surface area contributed by atoms with Crippen LogP contribution < -0.4 is 5.32 Å². The van der Waals surface area contributed by atoms with Gasteiger partial charge in [-0.3, -0.25) is 0 Å². The van der Waals surface area contributed by atoms with Crippen LogP contribution in [0.2, 0.25) is 0 Å². The van der Waals surface area contributed by atoms with Crippen molar-refractivity contribution >= 4 is 0 Å². The Morgan fingerprint density at radius 3 is 2.74 bits per heavy atom. The van der Waals surface area contributed by atoms with Crippen LogP contribution in [0.5, 0.6) is 0 Å². The molecule has 1 N–H and O–H groups in total. The highest BCUT2D eigenvalue weighted by Gasteiger charge is 2.25. The van der Waals surface area contributed by atoms with Crippen LogP contribution in [0.1, 0.15) is 56.6 Å². The molecule has 1 aliphatic carbocycles. The van der Waals surface area contributed by atoms with E-state index in [1.807, 2.05) is 0 Å². The fourth-order valence-corrected chi connectivity index (χ4v) is 3.58. The summed E-state index contributed by atoms with van der Waals surface area (Å²) >= 11 is 0. The second kappa shape index (κ2) is 7.09. The van der Waals surface area contributed by atoms with Gasteiger partial charge in [-0.25, -0.2) is 0 Å². The molecule has 1 aliphatic rings. The van der Waals surface area contributed by atoms with Crippen molar-refractivity contribution in [2.45, 2.75) is 51.9 Å². The zero-order valence-electron chi connectivity index (χ0n) is 12.8. The molecule has 2 rings (SSSR count). The average molecular weight is 259 g/mol. The molecule has 106 valence electrons. The van der Waals surface area contributed by atoms with Gasteiger partial charge >= 0.3 is 0 Å². The van der Waals surface area contributed by atoms with Crippen molar-refractivity contribution in [2.24, 2.45) is 11.8 Å². The molecule has 0 bridgehead atoms. The summed E-state index contributed by atoms with van der Waals surface area (Å²) in [7, 11) is 2.08. The van der Waals surface area contributed by atoms with Gasteiger partial charge in [-0.15, -0.1) is 0 Å². The summed E-state index contributed by atoms with van der Waals surface area (Å²) in [5.74, 6) is 2.34. The van der Waals surface area contributed by atoms with Crippen LogP contribution >= 0.6 is 0 Å². The maximum atomic E-state index is 3.38. The minimum Gasteiger partial charge on any atom is -0.319 e. The Balaban J connectivity index is 2.14. The molecule has 1 saturated carbocycles. The maximum Gasteiger partial charge on any atom is -0.00177 e. The fraction of sp³-hybridized carbons (Fsp3) is 0.667. The molecule has 0 spiro atoms. The first-order valence-corrected chi connectivity index (χ1v) is 7.94. The number of nitrogens with one attached hydrogen (secondary N) is 1. The number of benzene rings is 1. The molecule has 2 unspecified atom stereocenters. The van der Waals surface area contributed by atoms with Gasteiger partial charge in [-0.05, 0) is 61.7 Å². The van der Waals surface area contributed by atoms with Gasteiger partial charge in [0.05, 0.1) is 0 Å². The van der Waals surface area contributed by atoms with E-state index >= 15 is 0 Å². The normalized spacial score (nSPS) is 23.8. The lowest BCUT2D eigenvalue weighted by Gasteiger charge is -2.32. The fourth-order valence-electron chi connectivity index (χ4n) is 3.58. The lowest BCUT2D eigenvalue weighted by Crippen LogP contribution is -2.27. The third kappa shape index (κ3) is 4.07. The van der Waals surface area contributed by atoms with E-state index in [0.717, 1.165) is 17.8 Å². The van der Waals surface area contributed by atoms with Crippen LogP contribution in [0.4, 0.5) is 0 Å². The van der Waals surface area contributed by atoms with Crippen LogP contribution in [-0.2, 0) is 6.42 Å². The molecule has 19 heavy (non-hydrogen) atoms. The first kappa shape index (κ1) is 14.6. The molecule has 0 heterocycles. The van der Waals surface area contributed by atoms with Gasteiger partial charge in [0.1, 0.15) is 0 Å². The van der Waals surface area contributed by atoms with Gasteiger partial charge in [0, 0.05) is 0 Å². The van der Waals surface area contributed by atoms with E-state index in [0.29, 0.717) is 0 Å². The zero-order valence-corrected chi connectivity index (χ0v) is 12.8. The summed E-state index contributed by atoms with van der Waals surface area (Å²) in [5.41, 5.74) is 3.10. The molecule has 0 radical (unpaired) electrons. The third-order valence-electron chi connectivity index (χ3n) is 4.40.